The largest absolute Gasteiger partial charge is 0.472 e. The Bertz CT molecular complexity index is 1720. The smallest absolute Gasteiger partial charge is 0.462 e. The van der Waals surface area contributed by atoms with E-state index < -0.39 is 97.5 Å². The van der Waals surface area contributed by atoms with Crippen LogP contribution < -0.4 is 0 Å². The zero-order valence-electron chi connectivity index (χ0n) is 57.0. The summed E-state index contributed by atoms with van der Waals surface area (Å²) in [6.45, 7) is 9.45. The number of carbonyl (C=O) groups is 4. The van der Waals surface area contributed by atoms with Crippen LogP contribution in [-0.4, -0.2) is 96.7 Å². The van der Waals surface area contributed by atoms with Crippen LogP contribution in [0.3, 0.4) is 0 Å². The monoisotopic (exact) mass is 1300 g/mol. The fraction of sp³-hybridized carbons (Fsp3) is 0.942. The fourth-order valence-corrected chi connectivity index (χ4v) is 12.0. The van der Waals surface area contributed by atoms with Crippen molar-refractivity contribution in [1.29, 1.82) is 0 Å². The first-order valence-corrected chi connectivity index (χ1v) is 39.0. The van der Waals surface area contributed by atoms with Gasteiger partial charge in [0.25, 0.3) is 0 Å². The summed E-state index contributed by atoms with van der Waals surface area (Å²) in [7, 11) is -9.90. The van der Waals surface area contributed by atoms with E-state index in [1.54, 1.807) is 0 Å². The highest BCUT2D eigenvalue weighted by atomic mass is 31.2. The molecule has 0 aliphatic carbocycles. The van der Waals surface area contributed by atoms with Crippen LogP contribution in [0.1, 0.15) is 350 Å². The predicted octanol–water partition coefficient (Wildman–Crippen LogP) is 19.6. The molecule has 0 spiro atoms. The van der Waals surface area contributed by atoms with Crippen LogP contribution >= 0.6 is 15.6 Å². The van der Waals surface area contributed by atoms with E-state index in [2.05, 4.69) is 41.5 Å². The Kier molecular flexibility index (Phi) is 59.9. The molecular weight excluding hydrogens is 1160 g/mol. The second-order valence-corrected chi connectivity index (χ2v) is 28.8. The van der Waals surface area contributed by atoms with Gasteiger partial charge in [0.15, 0.2) is 12.2 Å². The highest BCUT2D eigenvalue weighted by Gasteiger charge is 2.30. The molecule has 0 rings (SSSR count). The third-order valence-corrected chi connectivity index (χ3v) is 17.9. The summed E-state index contributed by atoms with van der Waals surface area (Å²) >= 11 is 0. The topological polar surface area (TPSA) is 237 Å². The molecule has 3 N–H and O–H groups in total. The molecule has 0 saturated heterocycles. The van der Waals surface area contributed by atoms with Crippen molar-refractivity contribution < 1.29 is 80.2 Å². The Balaban J connectivity index is 5.22. The molecule has 0 aliphatic heterocycles. The van der Waals surface area contributed by atoms with Crippen molar-refractivity contribution in [1.82, 2.24) is 0 Å². The minimum absolute atomic E-state index is 0.104. The minimum atomic E-state index is -4.95. The lowest BCUT2D eigenvalue weighted by atomic mass is 10.0. The first kappa shape index (κ1) is 86.1. The molecule has 0 heterocycles. The number of hydrogen-bond acceptors (Lipinski definition) is 15. The number of phosphoric acid groups is 2. The molecule has 2 unspecified atom stereocenters. The van der Waals surface area contributed by atoms with E-state index in [1.165, 1.54) is 167 Å². The van der Waals surface area contributed by atoms with Crippen molar-refractivity contribution in [3.8, 4) is 0 Å². The lowest BCUT2D eigenvalue weighted by Crippen LogP contribution is -2.30. The molecule has 0 aromatic heterocycles. The van der Waals surface area contributed by atoms with Crippen molar-refractivity contribution in [2.24, 2.45) is 11.8 Å². The van der Waals surface area contributed by atoms with Gasteiger partial charge < -0.3 is 33.8 Å². The van der Waals surface area contributed by atoms with Crippen LogP contribution in [0.25, 0.3) is 0 Å². The molecule has 0 aromatic carbocycles. The van der Waals surface area contributed by atoms with Gasteiger partial charge in [-0.15, -0.1) is 0 Å². The number of esters is 4. The Morgan fingerprint density at radius 1 is 0.307 bits per heavy atom. The van der Waals surface area contributed by atoms with Crippen LogP contribution in [0.5, 0.6) is 0 Å². The van der Waals surface area contributed by atoms with Gasteiger partial charge in [0, 0.05) is 25.7 Å². The maximum atomic E-state index is 13.0. The van der Waals surface area contributed by atoms with Crippen LogP contribution in [0.2, 0.25) is 0 Å². The number of ether oxygens (including phenoxy) is 4. The van der Waals surface area contributed by atoms with E-state index in [9.17, 15) is 43.2 Å². The summed E-state index contributed by atoms with van der Waals surface area (Å²) in [5.74, 6) is -0.684. The first-order chi connectivity index (χ1) is 42.4. The third kappa shape index (κ3) is 62.8. The van der Waals surface area contributed by atoms with Gasteiger partial charge in [0.05, 0.1) is 26.4 Å². The van der Waals surface area contributed by atoms with E-state index in [1.807, 2.05) is 0 Å². The van der Waals surface area contributed by atoms with Gasteiger partial charge in [-0.3, -0.25) is 37.3 Å². The fourth-order valence-electron chi connectivity index (χ4n) is 10.4. The van der Waals surface area contributed by atoms with Gasteiger partial charge in [-0.05, 0) is 37.5 Å². The van der Waals surface area contributed by atoms with Gasteiger partial charge >= 0.3 is 39.5 Å². The Morgan fingerprint density at radius 3 is 0.773 bits per heavy atom. The van der Waals surface area contributed by atoms with E-state index in [0.29, 0.717) is 25.7 Å². The number of aliphatic hydroxyl groups excluding tert-OH is 1. The van der Waals surface area contributed by atoms with E-state index in [4.69, 9.17) is 37.0 Å². The SMILES string of the molecule is CCCCCCCCCCCCCCCCCCCC(=O)O[C@H](COC(=O)CCCCCCCCCCC(C)C)COP(=O)(O)OC[C@@H](O)COP(=O)(O)OC[C@@H](COC(=O)CCCCCCCCCCC)OC(=O)CCCCCCCCCCC(C)C. The summed E-state index contributed by atoms with van der Waals surface area (Å²) in [5.41, 5.74) is 0. The summed E-state index contributed by atoms with van der Waals surface area (Å²) in [5, 5.41) is 10.6. The quantitative estimate of drug-likeness (QED) is 0.0222. The summed E-state index contributed by atoms with van der Waals surface area (Å²) in [6.07, 6.45) is 45.9. The first-order valence-electron chi connectivity index (χ1n) is 36.0. The van der Waals surface area contributed by atoms with Gasteiger partial charge in [-0.25, -0.2) is 9.13 Å². The molecule has 522 valence electrons. The minimum Gasteiger partial charge on any atom is -0.462 e. The van der Waals surface area contributed by atoms with Crippen molar-refractivity contribution in [2.75, 3.05) is 39.6 Å². The van der Waals surface area contributed by atoms with Crippen LogP contribution in [-0.2, 0) is 65.4 Å². The molecule has 0 bridgehead atoms. The Hall–Kier alpha value is -1.94. The molecule has 5 atom stereocenters. The van der Waals surface area contributed by atoms with Crippen LogP contribution in [0, 0.1) is 11.8 Å². The summed E-state index contributed by atoms with van der Waals surface area (Å²) < 4.78 is 68.2. The molecule has 0 amide bonds. The van der Waals surface area contributed by atoms with Crippen molar-refractivity contribution in [2.45, 2.75) is 368 Å². The van der Waals surface area contributed by atoms with Crippen molar-refractivity contribution >= 4 is 39.5 Å². The molecule has 0 fully saturated rings. The molecule has 0 saturated carbocycles. The molecule has 0 aromatic rings. The van der Waals surface area contributed by atoms with Crippen molar-refractivity contribution in [3.63, 3.8) is 0 Å². The number of aliphatic hydroxyl groups is 1. The maximum absolute atomic E-state index is 13.0. The van der Waals surface area contributed by atoms with Gasteiger partial charge in [0.2, 0.25) is 0 Å². The Labute approximate surface area is 537 Å². The molecule has 88 heavy (non-hydrogen) atoms. The van der Waals surface area contributed by atoms with Crippen molar-refractivity contribution in [3.05, 3.63) is 0 Å². The number of unbranched alkanes of at least 4 members (excludes halogenated alkanes) is 38. The lowest BCUT2D eigenvalue weighted by molar-refractivity contribution is -0.161. The molecule has 0 radical (unpaired) electrons. The van der Waals surface area contributed by atoms with Gasteiger partial charge in [0.1, 0.15) is 19.3 Å². The lowest BCUT2D eigenvalue weighted by Gasteiger charge is -2.21. The highest BCUT2D eigenvalue weighted by molar-refractivity contribution is 7.47. The highest BCUT2D eigenvalue weighted by Crippen LogP contribution is 2.45. The van der Waals surface area contributed by atoms with E-state index >= 15 is 0 Å². The molecule has 19 heteroatoms. The number of carbonyl (C=O) groups excluding carboxylic acids is 4. The molecular formula is C69H134O17P2. The predicted molar refractivity (Wildman–Crippen MR) is 354 cm³/mol. The summed E-state index contributed by atoms with van der Waals surface area (Å²) in [6, 6.07) is 0. The molecule has 0 aliphatic rings. The average Bonchev–Trinajstić information content (AvgIpc) is 3.60. The number of phosphoric ester groups is 2. The normalized spacial score (nSPS) is 14.2. The zero-order chi connectivity index (χ0) is 65.0. The van der Waals surface area contributed by atoms with Crippen LogP contribution in [0.4, 0.5) is 0 Å². The summed E-state index contributed by atoms with van der Waals surface area (Å²) in [4.78, 5) is 72.4. The van der Waals surface area contributed by atoms with Gasteiger partial charge in [-0.1, -0.05) is 298 Å². The zero-order valence-corrected chi connectivity index (χ0v) is 58.8. The Morgan fingerprint density at radius 2 is 0.523 bits per heavy atom. The second-order valence-electron chi connectivity index (χ2n) is 25.9. The number of hydrogen-bond donors (Lipinski definition) is 3. The average molecular weight is 1300 g/mol. The standard InChI is InChI=1S/C69H134O17P2/c1-7-9-11-13-15-17-18-19-20-21-22-23-24-26-35-41-47-53-68(73)85-64(58-80-67(72)52-46-40-34-29-27-31-37-43-49-61(3)4)59-83-87(75,76)81-55-63(70)56-82-88(77,78)84-60-65(57-79-66(71)51-45-39-33-25-16-14-12-10-8-2)86-69(74)54-48-42-36-30-28-32-38-44-50-62(5)6/h61-65,70H,7-60H2,1-6H3,(H,75,76)(H,77,78)/t63-,64-,65-/m1/s1. The van der Waals surface area contributed by atoms with E-state index in [-0.39, 0.29) is 25.7 Å². The molecule has 17 nitrogen and oxygen atoms in total. The second kappa shape index (κ2) is 61.3. The maximum Gasteiger partial charge on any atom is 0.472 e. The van der Waals surface area contributed by atoms with Crippen LogP contribution in [0.15, 0.2) is 0 Å². The van der Waals surface area contributed by atoms with E-state index in [0.717, 1.165) is 102 Å². The number of rotatable bonds is 68. The van der Waals surface area contributed by atoms with Gasteiger partial charge in [-0.2, -0.15) is 0 Å². The third-order valence-electron chi connectivity index (χ3n) is 16.0.